The summed E-state index contributed by atoms with van der Waals surface area (Å²) in [7, 11) is 1.65. The zero-order valence-electron chi connectivity index (χ0n) is 13.6. The highest BCUT2D eigenvalue weighted by molar-refractivity contribution is 6.32. The van der Waals surface area contributed by atoms with Crippen LogP contribution in [0.15, 0.2) is 12.1 Å². The van der Waals surface area contributed by atoms with Crippen molar-refractivity contribution in [3.63, 3.8) is 0 Å². The molecular weight excluding hydrogens is 270 g/mol. The van der Waals surface area contributed by atoms with Gasteiger partial charge in [0.2, 0.25) is 0 Å². The van der Waals surface area contributed by atoms with Gasteiger partial charge in [0, 0.05) is 0 Å². The zero-order valence-corrected chi connectivity index (χ0v) is 14.4. The minimum absolute atomic E-state index is 0.0670. The number of hydrogen-bond donors (Lipinski definition) is 1. The van der Waals surface area contributed by atoms with Gasteiger partial charge in [-0.2, -0.15) is 0 Å². The molecule has 0 atom stereocenters. The Morgan fingerprint density at radius 1 is 1.15 bits per heavy atom. The summed E-state index contributed by atoms with van der Waals surface area (Å²) in [6.45, 7) is 11.9. The molecule has 20 heavy (non-hydrogen) atoms. The molecule has 0 spiro atoms. The van der Waals surface area contributed by atoms with E-state index in [0.29, 0.717) is 11.6 Å². The van der Waals surface area contributed by atoms with Gasteiger partial charge in [-0.25, -0.2) is 0 Å². The van der Waals surface area contributed by atoms with E-state index >= 15 is 0 Å². The molecule has 0 unspecified atom stereocenters. The first kappa shape index (κ1) is 17.3. The molecule has 0 saturated carbocycles. The lowest BCUT2D eigenvalue weighted by Gasteiger charge is -2.33. The van der Waals surface area contributed by atoms with Crippen LogP contribution in [0.25, 0.3) is 0 Å². The van der Waals surface area contributed by atoms with Gasteiger partial charge in [-0.05, 0) is 47.4 Å². The molecule has 0 aliphatic carbocycles. The molecule has 0 aliphatic heterocycles. The van der Waals surface area contributed by atoms with Gasteiger partial charge >= 0.3 is 0 Å². The van der Waals surface area contributed by atoms with Crippen LogP contribution in [-0.4, -0.2) is 13.7 Å². The Morgan fingerprint density at radius 2 is 1.75 bits per heavy atom. The van der Waals surface area contributed by atoms with Crippen molar-refractivity contribution in [2.24, 2.45) is 11.1 Å². The molecular formula is C17H28ClNO. The monoisotopic (exact) mass is 297 g/mol. The van der Waals surface area contributed by atoms with Crippen molar-refractivity contribution in [3.05, 3.63) is 28.3 Å². The van der Waals surface area contributed by atoms with Crippen LogP contribution >= 0.6 is 11.6 Å². The van der Waals surface area contributed by atoms with Gasteiger partial charge in [0.15, 0.2) is 0 Å². The minimum atomic E-state index is 0.0670. The summed E-state index contributed by atoms with van der Waals surface area (Å²) in [5.74, 6) is 0.757. The number of nitrogens with two attached hydrogens (primary N) is 1. The SMILES string of the molecule is COc1c(Cl)cc(C(C)(C)CC(C)(C)C)cc1CCN. The highest BCUT2D eigenvalue weighted by Crippen LogP contribution is 2.40. The van der Waals surface area contributed by atoms with E-state index in [1.54, 1.807) is 7.11 Å². The van der Waals surface area contributed by atoms with E-state index in [0.717, 1.165) is 24.2 Å². The number of hydrogen-bond acceptors (Lipinski definition) is 2. The molecule has 0 fully saturated rings. The third-order valence-electron chi connectivity index (χ3n) is 3.49. The van der Waals surface area contributed by atoms with E-state index in [2.05, 4.69) is 40.7 Å². The Balaban J connectivity index is 3.25. The van der Waals surface area contributed by atoms with E-state index in [4.69, 9.17) is 22.1 Å². The fraction of sp³-hybridized carbons (Fsp3) is 0.647. The summed E-state index contributed by atoms with van der Waals surface area (Å²) in [6.07, 6.45) is 1.87. The fourth-order valence-electron chi connectivity index (χ4n) is 3.04. The lowest BCUT2D eigenvalue weighted by molar-refractivity contribution is 0.284. The highest BCUT2D eigenvalue weighted by Gasteiger charge is 2.28. The molecule has 0 amide bonds. The molecule has 2 N–H and O–H groups in total. The number of ether oxygens (including phenoxy) is 1. The molecule has 0 aromatic heterocycles. The van der Waals surface area contributed by atoms with Gasteiger partial charge in [0.25, 0.3) is 0 Å². The molecule has 0 heterocycles. The Labute approximate surface area is 128 Å². The normalized spacial score (nSPS) is 12.6. The maximum Gasteiger partial charge on any atom is 0.140 e. The predicted octanol–water partition coefficient (Wildman–Crippen LogP) is 4.56. The average molecular weight is 298 g/mol. The standard InChI is InChI=1S/C17H28ClNO/c1-16(2,3)11-17(4,5)13-9-12(7-8-19)15(20-6)14(18)10-13/h9-10H,7-8,11,19H2,1-6H3. The van der Waals surface area contributed by atoms with Crippen LogP contribution in [0.1, 0.15) is 52.2 Å². The first-order valence-corrected chi connectivity index (χ1v) is 7.55. The fourth-order valence-corrected chi connectivity index (χ4v) is 3.35. The molecule has 0 aliphatic rings. The van der Waals surface area contributed by atoms with Gasteiger partial charge in [-0.15, -0.1) is 0 Å². The van der Waals surface area contributed by atoms with Crippen molar-refractivity contribution in [1.82, 2.24) is 0 Å². The number of halogens is 1. The molecule has 114 valence electrons. The van der Waals surface area contributed by atoms with Crippen LogP contribution in [0.3, 0.4) is 0 Å². The van der Waals surface area contributed by atoms with Crippen molar-refractivity contribution >= 4 is 11.6 Å². The van der Waals surface area contributed by atoms with Gasteiger partial charge < -0.3 is 10.5 Å². The topological polar surface area (TPSA) is 35.2 Å². The lowest BCUT2D eigenvalue weighted by atomic mass is 9.72. The zero-order chi connectivity index (χ0) is 15.6. The van der Waals surface area contributed by atoms with Crippen molar-refractivity contribution < 1.29 is 4.74 Å². The Kier molecular flexibility index (Phi) is 5.51. The van der Waals surface area contributed by atoms with Crippen LogP contribution in [0.4, 0.5) is 0 Å². The lowest BCUT2D eigenvalue weighted by Crippen LogP contribution is -2.25. The van der Waals surface area contributed by atoms with Crippen LogP contribution in [0.5, 0.6) is 5.75 Å². The van der Waals surface area contributed by atoms with Crippen molar-refractivity contribution in [2.75, 3.05) is 13.7 Å². The van der Waals surface area contributed by atoms with Crippen LogP contribution in [-0.2, 0) is 11.8 Å². The summed E-state index contributed by atoms with van der Waals surface area (Å²) < 4.78 is 5.41. The number of methoxy groups -OCH3 is 1. The second kappa shape index (κ2) is 6.36. The first-order valence-electron chi connectivity index (χ1n) is 7.17. The average Bonchev–Trinajstić information content (AvgIpc) is 2.25. The van der Waals surface area contributed by atoms with E-state index in [-0.39, 0.29) is 10.8 Å². The van der Waals surface area contributed by atoms with E-state index in [9.17, 15) is 0 Å². The second-order valence-corrected chi connectivity index (χ2v) is 7.72. The van der Waals surface area contributed by atoms with E-state index in [1.807, 2.05) is 6.07 Å². The van der Waals surface area contributed by atoms with Gasteiger partial charge in [-0.3, -0.25) is 0 Å². The summed E-state index contributed by atoms with van der Waals surface area (Å²) in [5.41, 5.74) is 8.38. The molecule has 2 nitrogen and oxygen atoms in total. The maximum absolute atomic E-state index is 6.38. The third kappa shape index (κ3) is 4.39. The molecule has 0 saturated heterocycles. The summed E-state index contributed by atoms with van der Waals surface area (Å²) in [6, 6.07) is 4.23. The van der Waals surface area contributed by atoms with Gasteiger partial charge in [0.05, 0.1) is 12.1 Å². The summed E-state index contributed by atoms with van der Waals surface area (Å²) in [5, 5.41) is 0.676. The summed E-state index contributed by atoms with van der Waals surface area (Å²) >= 11 is 6.38. The molecule has 1 rings (SSSR count). The first-order chi connectivity index (χ1) is 9.10. The Bertz CT molecular complexity index is 461. The Hall–Kier alpha value is -0.730. The van der Waals surface area contributed by atoms with Crippen LogP contribution < -0.4 is 10.5 Å². The van der Waals surface area contributed by atoms with Crippen LogP contribution in [0.2, 0.25) is 5.02 Å². The quantitative estimate of drug-likeness (QED) is 0.864. The third-order valence-corrected chi connectivity index (χ3v) is 3.77. The largest absolute Gasteiger partial charge is 0.495 e. The van der Waals surface area contributed by atoms with Gasteiger partial charge in [-0.1, -0.05) is 52.3 Å². The number of rotatable bonds is 5. The smallest absolute Gasteiger partial charge is 0.140 e. The van der Waals surface area contributed by atoms with Crippen molar-refractivity contribution in [2.45, 2.75) is 52.9 Å². The molecule has 0 bridgehead atoms. The Morgan fingerprint density at radius 3 is 2.20 bits per heavy atom. The molecule has 1 aromatic carbocycles. The van der Waals surface area contributed by atoms with Gasteiger partial charge in [0.1, 0.15) is 5.75 Å². The minimum Gasteiger partial charge on any atom is -0.495 e. The van der Waals surface area contributed by atoms with E-state index in [1.165, 1.54) is 5.56 Å². The van der Waals surface area contributed by atoms with Crippen molar-refractivity contribution in [3.8, 4) is 5.75 Å². The molecule has 3 heteroatoms. The maximum atomic E-state index is 6.38. The molecule has 1 aromatic rings. The van der Waals surface area contributed by atoms with Crippen molar-refractivity contribution in [1.29, 1.82) is 0 Å². The van der Waals surface area contributed by atoms with E-state index < -0.39 is 0 Å². The summed E-state index contributed by atoms with van der Waals surface area (Å²) in [4.78, 5) is 0. The number of benzene rings is 1. The highest BCUT2D eigenvalue weighted by atomic mass is 35.5. The van der Waals surface area contributed by atoms with Crippen LogP contribution in [0, 0.1) is 5.41 Å². The molecule has 0 radical (unpaired) electrons. The predicted molar refractivity (Wildman–Crippen MR) is 87.9 cm³/mol. The second-order valence-electron chi connectivity index (χ2n) is 7.31.